The Hall–Kier alpha value is -2.80. The first-order valence-corrected chi connectivity index (χ1v) is 5.62. The van der Waals surface area contributed by atoms with Crippen LogP contribution in [0, 0.1) is 18.3 Å². The third-order valence-corrected chi connectivity index (χ3v) is 2.65. The van der Waals surface area contributed by atoms with Crippen LogP contribution >= 0.6 is 0 Å². The van der Waals surface area contributed by atoms with Crippen LogP contribution in [0.3, 0.4) is 0 Å². The highest BCUT2D eigenvalue weighted by atomic mass is 16.5. The van der Waals surface area contributed by atoms with Gasteiger partial charge in [-0.3, -0.25) is 0 Å². The Labute approximate surface area is 110 Å². The Kier molecular flexibility index (Phi) is 3.48. The number of aryl methyl sites for hydroxylation is 1. The minimum Gasteiger partial charge on any atom is -0.478 e. The maximum Gasteiger partial charge on any atom is 0.335 e. The van der Waals surface area contributed by atoms with Gasteiger partial charge in [0.2, 0.25) is 0 Å². The Bertz CT molecular complexity index is 654. The van der Waals surface area contributed by atoms with E-state index in [0.29, 0.717) is 17.1 Å². The zero-order valence-corrected chi connectivity index (χ0v) is 10.3. The largest absolute Gasteiger partial charge is 0.478 e. The van der Waals surface area contributed by atoms with Crippen molar-refractivity contribution >= 4 is 5.97 Å². The van der Waals surface area contributed by atoms with E-state index in [9.17, 15) is 4.79 Å². The van der Waals surface area contributed by atoms with Crippen LogP contribution in [0.4, 0.5) is 0 Å². The molecule has 1 N–H and O–H groups in total. The quantitative estimate of drug-likeness (QED) is 0.910. The van der Waals surface area contributed by atoms with Crippen molar-refractivity contribution in [1.29, 1.82) is 5.26 Å². The van der Waals surface area contributed by atoms with Gasteiger partial charge in [0, 0.05) is 0 Å². The molecule has 0 spiro atoms. The first-order chi connectivity index (χ1) is 9.11. The van der Waals surface area contributed by atoms with Crippen LogP contribution in [-0.4, -0.2) is 11.1 Å². The zero-order chi connectivity index (χ0) is 13.8. The lowest BCUT2D eigenvalue weighted by molar-refractivity contribution is 0.0697. The Morgan fingerprint density at radius 2 is 1.89 bits per heavy atom. The Morgan fingerprint density at radius 1 is 1.21 bits per heavy atom. The van der Waals surface area contributed by atoms with Crippen molar-refractivity contribution < 1.29 is 14.6 Å². The van der Waals surface area contributed by atoms with Crippen LogP contribution in [0.2, 0.25) is 0 Å². The molecule has 0 aliphatic heterocycles. The predicted octanol–water partition coefficient (Wildman–Crippen LogP) is 3.36. The van der Waals surface area contributed by atoms with E-state index in [-0.39, 0.29) is 5.56 Å². The summed E-state index contributed by atoms with van der Waals surface area (Å²) in [7, 11) is 0. The van der Waals surface area contributed by atoms with Gasteiger partial charge < -0.3 is 9.84 Å². The van der Waals surface area contributed by atoms with Gasteiger partial charge in [0.25, 0.3) is 0 Å². The van der Waals surface area contributed by atoms with E-state index < -0.39 is 5.97 Å². The van der Waals surface area contributed by atoms with Crippen molar-refractivity contribution in [3.63, 3.8) is 0 Å². The maximum absolute atomic E-state index is 10.7. The maximum atomic E-state index is 10.7. The molecular formula is C15H11NO3. The summed E-state index contributed by atoms with van der Waals surface area (Å²) in [6, 6.07) is 13.4. The van der Waals surface area contributed by atoms with Gasteiger partial charge in [-0.25, -0.2) is 4.79 Å². The zero-order valence-electron chi connectivity index (χ0n) is 10.3. The average molecular weight is 253 g/mol. The van der Waals surface area contributed by atoms with E-state index in [1.807, 2.05) is 13.0 Å². The first-order valence-electron chi connectivity index (χ1n) is 5.62. The summed E-state index contributed by atoms with van der Waals surface area (Å²) in [5, 5.41) is 17.8. The number of para-hydroxylation sites is 1. The van der Waals surface area contributed by atoms with Crippen molar-refractivity contribution in [1.82, 2.24) is 0 Å². The molecule has 0 amide bonds. The molecule has 94 valence electrons. The molecule has 0 aliphatic rings. The molecule has 2 aromatic rings. The first kappa shape index (κ1) is 12.7. The summed E-state index contributed by atoms with van der Waals surface area (Å²) in [5.74, 6) is 0.00373. The second kappa shape index (κ2) is 5.23. The summed E-state index contributed by atoms with van der Waals surface area (Å²) in [5.41, 5.74) is 1.49. The highest BCUT2D eigenvalue weighted by Gasteiger charge is 2.08. The SMILES string of the molecule is Cc1cccc(C#N)c1Oc1ccc(C(=O)O)cc1. The number of rotatable bonds is 3. The topological polar surface area (TPSA) is 70.3 Å². The summed E-state index contributed by atoms with van der Waals surface area (Å²) in [6.45, 7) is 1.85. The molecule has 0 atom stereocenters. The van der Waals surface area contributed by atoms with Crippen molar-refractivity contribution in [3.8, 4) is 17.6 Å². The number of hydrogen-bond donors (Lipinski definition) is 1. The molecule has 4 heteroatoms. The molecule has 0 bridgehead atoms. The second-order valence-corrected chi connectivity index (χ2v) is 3.99. The fourth-order valence-corrected chi connectivity index (χ4v) is 1.66. The molecule has 0 unspecified atom stereocenters. The molecule has 0 fully saturated rings. The summed E-state index contributed by atoms with van der Waals surface area (Å²) < 4.78 is 5.65. The number of carboxylic acid groups (broad SMARTS) is 1. The van der Waals surface area contributed by atoms with Crippen molar-refractivity contribution in [3.05, 3.63) is 59.2 Å². The fraction of sp³-hybridized carbons (Fsp3) is 0.0667. The number of hydrogen-bond acceptors (Lipinski definition) is 3. The number of ether oxygens (including phenoxy) is 1. The summed E-state index contributed by atoms with van der Waals surface area (Å²) in [6.07, 6.45) is 0. The number of carbonyl (C=O) groups is 1. The lowest BCUT2D eigenvalue weighted by Gasteiger charge is -2.10. The fourth-order valence-electron chi connectivity index (χ4n) is 1.66. The molecule has 4 nitrogen and oxygen atoms in total. The van der Waals surface area contributed by atoms with E-state index in [0.717, 1.165) is 5.56 Å². The third-order valence-electron chi connectivity index (χ3n) is 2.65. The van der Waals surface area contributed by atoms with E-state index in [4.69, 9.17) is 15.1 Å². The van der Waals surface area contributed by atoms with Crippen molar-refractivity contribution in [2.45, 2.75) is 6.92 Å². The Balaban J connectivity index is 2.32. The molecule has 0 aromatic heterocycles. The van der Waals surface area contributed by atoms with Crippen LogP contribution in [-0.2, 0) is 0 Å². The third kappa shape index (κ3) is 2.72. The van der Waals surface area contributed by atoms with Gasteiger partial charge in [-0.05, 0) is 42.8 Å². The Morgan fingerprint density at radius 3 is 2.47 bits per heavy atom. The van der Waals surface area contributed by atoms with E-state index >= 15 is 0 Å². The normalized spacial score (nSPS) is 9.68. The highest BCUT2D eigenvalue weighted by molar-refractivity contribution is 5.87. The molecule has 0 aliphatic carbocycles. The van der Waals surface area contributed by atoms with Crippen molar-refractivity contribution in [2.75, 3.05) is 0 Å². The highest BCUT2D eigenvalue weighted by Crippen LogP contribution is 2.28. The van der Waals surface area contributed by atoms with Crippen LogP contribution in [0.5, 0.6) is 11.5 Å². The molecule has 2 aromatic carbocycles. The van der Waals surface area contributed by atoms with Gasteiger partial charge >= 0.3 is 5.97 Å². The van der Waals surface area contributed by atoms with Gasteiger partial charge in [-0.1, -0.05) is 12.1 Å². The molecule has 2 rings (SSSR count). The van der Waals surface area contributed by atoms with E-state index in [1.165, 1.54) is 12.1 Å². The van der Waals surface area contributed by atoms with Gasteiger partial charge in [-0.15, -0.1) is 0 Å². The minimum atomic E-state index is -0.986. The van der Waals surface area contributed by atoms with Gasteiger partial charge in [-0.2, -0.15) is 5.26 Å². The van der Waals surface area contributed by atoms with Gasteiger partial charge in [0.1, 0.15) is 17.6 Å². The van der Waals surface area contributed by atoms with Crippen LogP contribution in [0.25, 0.3) is 0 Å². The van der Waals surface area contributed by atoms with Crippen LogP contribution in [0.1, 0.15) is 21.5 Å². The van der Waals surface area contributed by atoms with Crippen LogP contribution in [0.15, 0.2) is 42.5 Å². The number of nitriles is 1. The average Bonchev–Trinajstić information content (AvgIpc) is 2.41. The number of aromatic carboxylic acids is 1. The summed E-state index contributed by atoms with van der Waals surface area (Å²) >= 11 is 0. The lowest BCUT2D eigenvalue weighted by atomic mass is 10.1. The number of nitrogens with zero attached hydrogens (tertiary/aromatic N) is 1. The van der Waals surface area contributed by atoms with Crippen molar-refractivity contribution in [2.24, 2.45) is 0 Å². The predicted molar refractivity (Wildman–Crippen MR) is 69.4 cm³/mol. The second-order valence-electron chi connectivity index (χ2n) is 3.99. The molecule has 0 saturated carbocycles. The number of benzene rings is 2. The lowest BCUT2D eigenvalue weighted by Crippen LogP contribution is -1.96. The molecule has 0 heterocycles. The molecule has 0 radical (unpaired) electrons. The van der Waals surface area contributed by atoms with Gasteiger partial charge in [0.15, 0.2) is 0 Å². The standard InChI is InChI=1S/C15H11NO3/c1-10-3-2-4-12(9-16)14(10)19-13-7-5-11(6-8-13)15(17)18/h2-8H,1H3,(H,17,18). The molecule has 0 saturated heterocycles. The van der Waals surface area contributed by atoms with E-state index in [1.54, 1.807) is 24.3 Å². The number of carboxylic acids is 1. The monoisotopic (exact) mass is 253 g/mol. The summed E-state index contributed by atoms with van der Waals surface area (Å²) in [4.78, 5) is 10.7. The van der Waals surface area contributed by atoms with E-state index in [2.05, 4.69) is 6.07 Å². The molecular weight excluding hydrogens is 242 g/mol. The minimum absolute atomic E-state index is 0.192. The van der Waals surface area contributed by atoms with Gasteiger partial charge in [0.05, 0.1) is 11.1 Å². The molecule has 19 heavy (non-hydrogen) atoms. The smallest absolute Gasteiger partial charge is 0.335 e. The van der Waals surface area contributed by atoms with Crippen LogP contribution < -0.4 is 4.74 Å².